The lowest BCUT2D eigenvalue weighted by atomic mass is 9.73. The van der Waals surface area contributed by atoms with Crippen molar-refractivity contribution in [2.24, 2.45) is 11.8 Å². The molecule has 4 atom stereocenters. The molecule has 0 aromatic carbocycles. The molecule has 1 rings (SSSR count). The smallest absolute Gasteiger partial charge is 0.306 e. The van der Waals surface area contributed by atoms with Gasteiger partial charge < -0.3 is 9.16 Å². The summed E-state index contributed by atoms with van der Waals surface area (Å²) in [6.45, 7) is 20.4. The van der Waals surface area contributed by atoms with Crippen LogP contribution in [0.1, 0.15) is 59.8 Å². The summed E-state index contributed by atoms with van der Waals surface area (Å²) in [5.74, 6) is -0.418. The quantitative estimate of drug-likeness (QED) is 0.296. The van der Waals surface area contributed by atoms with Crippen LogP contribution < -0.4 is 0 Å². The third-order valence-corrected chi connectivity index (χ3v) is 10.5. The predicted molar refractivity (Wildman–Crippen MR) is 113 cm³/mol. The number of rotatable bonds is 9. The molecular weight excluding hydrogens is 356 g/mol. The highest BCUT2D eigenvalue weighted by Crippen LogP contribution is 2.42. The molecule has 0 aromatic heterocycles. The Morgan fingerprint density at radius 3 is 2.44 bits per heavy atom. The number of Topliss-reactive ketones (excluding diaryl/α,β-unsaturated/α-hetero) is 1. The van der Waals surface area contributed by atoms with Gasteiger partial charge in [0.2, 0.25) is 0 Å². The second-order valence-electron chi connectivity index (χ2n) is 9.25. The summed E-state index contributed by atoms with van der Waals surface area (Å²) in [4.78, 5) is 25.1. The lowest BCUT2D eigenvalue weighted by Gasteiger charge is -2.44. The molecule has 154 valence electrons. The summed E-state index contributed by atoms with van der Waals surface area (Å²) in [5, 5.41) is 0.0753. The van der Waals surface area contributed by atoms with Crippen LogP contribution in [0.2, 0.25) is 18.1 Å². The van der Waals surface area contributed by atoms with Gasteiger partial charge in [-0.3, -0.25) is 9.59 Å². The average Bonchev–Trinajstić information content (AvgIpc) is 2.52. The lowest BCUT2D eigenvalue weighted by molar-refractivity contribution is -0.152. The number of allylic oxidation sites excluding steroid dienone is 1. The van der Waals surface area contributed by atoms with Crippen LogP contribution in [0.25, 0.3) is 0 Å². The van der Waals surface area contributed by atoms with E-state index in [0.29, 0.717) is 25.7 Å². The number of hydrogen-bond donors (Lipinski definition) is 0. The Bertz CT molecular complexity index is 547. The number of carbonyl (C=O) groups is 2. The summed E-state index contributed by atoms with van der Waals surface area (Å²) >= 11 is 0. The van der Waals surface area contributed by atoms with Crippen molar-refractivity contribution in [3.05, 3.63) is 25.3 Å². The highest BCUT2D eigenvalue weighted by atomic mass is 28.4. The molecule has 1 aliphatic rings. The Hall–Kier alpha value is -1.20. The average molecular weight is 395 g/mol. The third-order valence-electron chi connectivity index (χ3n) is 5.99. The normalized spacial score (nSPS) is 25.0. The van der Waals surface area contributed by atoms with Gasteiger partial charge in [0, 0.05) is 30.8 Å². The van der Waals surface area contributed by atoms with E-state index in [1.54, 1.807) is 12.2 Å². The van der Waals surface area contributed by atoms with Crippen molar-refractivity contribution in [3.8, 4) is 0 Å². The number of ether oxygens (including phenoxy) is 1. The molecule has 0 aliphatic heterocycles. The summed E-state index contributed by atoms with van der Waals surface area (Å²) in [7, 11) is -2.01. The molecule has 4 nitrogen and oxygen atoms in total. The minimum Gasteiger partial charge on any atom is -0.462 e. The number of esters is 1. The highest BCUT2D eigenvalue weighted by molar-refractivity contribution is 6.74. The van der Waals surface area contributed by atoms with Gasteiger partial charge in [-0.2, -0.15) is 0 Å². The molecule has 0 N–H and O–H groups in total. The van der Waals surface area contributed by atoms with Crippen molar-refractivity contribution in [1.29, 1.82) is 0 Å². The van der Waals surface area contributed by atoms with Crippen molar-refractivity contribution in [2.75, 3.05) is 0 Å². The number of carbonyl (C=O) groups excluding carboxylic acids is 2. The van der Waals surface area contributed by atoms with E-state index < -0.39 is 8.32 Å². The molecule has 0 amide bonds. The zero-order valence-electron chi connectivity index (χ0n) is 18.0. The molecule has 1 fully saturated rings. The fraction of sp³-hybridized carbons (Fsp3) is 0.727. The van der Waals surface area contributed by atoms with E-state index in [0.717, 1.165) is 0 Å². The van der Waals surface area contributed by atoms with Crippen molar-refractivity contribution in [3.63, 3.8) is 0 Å². The maximum Gasteiger partial charge on any atom is 0.306 e. The van der Waals surface area contributed by atoms with E-state index in [2.05, 4.69) is 47.0 Å². The first kappa shape index (κ1) is 23.8. The third kappa shape index (κ3) is 6.72. The molecular formula is C22H38O4Si. The lowest BCUT2D eigenvalue weighted by Crippen LogP contribution is -2.50. The molecule has 5 heteroatoms. The summed E-state index contributed by atoms with van der Waals surface area (Å²) < 4.78 is 12.2. The largest absolute Gasteiger partial charge is 0.462 e. The minimum absolute atomic E-state index is 0.0753. The molecule has 1 aliphatic carbocycles. The molecule has 0 bridgehead atoms. The monoisotopic (exact) mass is 394 g/mol. The van der Waals surface area contributed by atoms with Crippen molar-refractivity contribution < 1.29 is 18.8 Å². The van der Waals surface area contributed by atoms with E-state index in [-0.39, 0.29) is 47.3 Å². The second kappa shape index (κ2) is 9.83. The number of ketones is 1. The predicted octanol–water partition coefficient (Wildman–Crippen LogP) is 5.45. The van der Waals surface area contributed by atoms with Gasteiger partial charge in [-0.1, -0.05) is 32.9 Å². The summed E-state index contributed by atoms with van der Waals surface area (Å²) in [6, 6.07) is 0. The molecule has 0 unspecified atom stereocenters. The topological polar surface area (TPSA) is 52.6 Å². The Kier molecular flexibility index (Phi) is 8.68. The van der Waals surface area contributed by atoms with Gasteiger partial charge in [-0.25, -0.2) is 0 Å². The zero-order valence-corrected chi connectivity index (χ0v) is 19.0. The van der Waals surface area contributed by atoms with Gasteiger partial charge in [0.15, 0.2) is 8.32 Å². The van der Waals surface area contributed by atoms with Gasteiger partial charge >= 0.3 is 5.97 Å². The van der Waals surface area contributed by atoms with Gasteiger partial charge in [-0.05, 0) is 37.9 Å². The Balaban J connectivity index is 3.01. The van der Waals surface area contributed by atoms with E-state index in [1.165, 1.54) is 0 Å². The maximum absolute atomic E-state index is 12.6. The summed E-state index contributed by atoms with van der Waals surface area (Å²) in [6.07, 6.45) is 5.83. The Labute approximate surface area is 166 Å². The summed E-state index contributed by atoms with van der Waals surface area (Å²) in [5.41, 5.74) is 0. The van der Waals surface area contributed by atoms with Gasteiger partial charge in [-0.15, -0.1) is 13.2 Å². The Morgan fingerprint density at radius 2 is 1.93 bits per heavy atom. The first-order chi connectivity index (χ1) is 12.4. The minimum atomic E-state index is -2.01. The van der Waals surface area contributed by atoms with Crippen LogP contribution in [0.3, 0.4) is 0 Å². The highest BCUT2D eigenvalue weighted by Gasteiger charge is 2.45. The van der Waals surface area contributed by atoms with E-state index >= 15 is 0 Å². The van der Waals surface area contributed by atoms with Crippen molar-refractivity contribution in [2.45, 2.75) is 90.1 Å². The van der Waals surface area contributed by atoms with E-state index in [4.69, 9.17) is 9.16 Å². The van der Waals surface area contributed by atoms with Gasteiger partial charge in [0.05, 0.1) is 6.42 Å². The molecule has 0 heterocycles. The van der Waals surface area contributed by atoms with Crippen LogP contribution in [0, 0.1) is 11.8 Å². The molecule has 27 heavy (non-hydrogen) atoms. The van der Waals surface area contributed by atoms with Crippen molar-refractivity contribution in [1.82, 2.24) is 0 Å². The fourth-order valence-corrected chi connectivity index (χ4v) is 4.79. The molecule has 1 saturated carbocycles. The van der Waals surface area contributed by atoms with Crippen LogP contribution in [-0.2, 0) is 18.8 Å². The zero-order chi connectivity index (χ0) is 20.8. The van der Waals surface area contributed by atoms with Crippen LogP contribution >= 0.6 is 0 Å². The van der Waals surface area contributed by atoms with Crippen LogP contribution in [0.5, 0.6) is 0 Å². The van der Waals surface area contributed by atoms with Crippen LogP contribution in [-0.4, -0.2) is 32.3 Å². The van der Waals surface area contributed by atoms with Gasteiger partial charge in [0.25, 0.3) is 0 Å². The molecule has 0 spiro atoms. The molecule has 0 aromatic rings. The SMILES string of the molecule is C=CC[C@H](C)OC(=O)C[C@H]1[C@@H](O[Si](C)(C)C(C)(C)C)CCC(=O)[C@@H]1CC=C. The standard InChI is InChI=1S/C22H38O4Si/c1-9-11-16(3)25-21(24)15-18-17(12-10-2)19(23)13-14-20(18)26-27(7,8)22(4,5)6/h9-10,16-18,20H,1-2,11-15H2,3-8H3/t16-,17+,18+,20-/m0/s1. The van der Waals surface area contributed by atoms with Gasteiger partial charge in [0.1, 0.15) is 11.9 Å². The van der Waals surface area contributed by atoms with Crippen LogP contribution in [0.15, 0.2) is 25.3 Å². The Morgan fingerprint density at radius 1 is 1.30 bits per heavy atom. The first-order valence-electron chi connectivity index (χ1n) is 10.0. The van der Waals surface area contributed by atoms with Crippen LogP contribution in [0.4, 0.5) is 0 Å². The van der Waals surface area contributed by atoms with E-state index in [9.17, 15) is 9.59 Å². The fourth-order valence-electron chi connectivity index (χ4n) is 3.39. The number of hydrogen-bond acceptors (Lipinski definition) is 4. The molecule has 0 radical (unpaired) electrons. The maximum atomic E-state index is 12.6. The van der Waals surface area contributed by atoms with E-state index in [1.807, 2.05) is 6.92 Å². The second-order valence-corrected chi connectivity index (χ2v) is 14.0. The first-order valence-corrected chi connectivity index (χ1v) is 13.0. The van der Waals surface area contributed by atoms with Crippen molar-refractivity contribution >= 4 is 20.1 Å². The molecule has 0 saturated heterocycles.